The van der Waals surface area contributed by atoms with E-state index in [1.807, 2.05) is 43.3 Å². The normalized spacial score (nSPS) is 12.9. The number of aliphatic hydroxyl groups excluding tert-OH is 1. The molecule has 4 heteroatoms. The highest BCUT2D eigenvalue weighted by atomic mass is 16.4. The summed E-state index contributed by atoms with van der Waals surface area (Å²) in [4.78, 5) is 0. The lowest BCUT2D eigenvalue weighted by Gasteiger charge is -2.09. The topological polar surface area (TPSA) is 58.5 Å². The molecule has 3 rings (SSSR count). The second-order valence-corrected chi connectivity index (χ2v) is 4.82. The first-order valence-corrected chi connectivity index (χ1v) is 6.66. The van der Waals surface area contributed by atoms with Crippen molar-refractivity contribution < 1.29 is 13.9 Å². The number of furan rings is 2. The first kappa shape index (κ1) is 13.0. The van der Waals surface area contributed by atoms with Crippen molar-refractivity contribution in [3.05, 3.63) is 59.7 Å². The predicted octanol–water partition coefficient (Wildman–Crippen LogP) is 3.37. The van der Waals surface area contributed by atoms with Crippen LogP contribution in [0.25, 0.3) is 11.0 Å². The zero-order valence-corrected chi connectivity index (χ0v) is 11.3. The molecule has 1 aromatic carbocycles. The molecule has 1 unspecified atom stereocenters. The van der Waals surface area contributed by atoms with E-state index in [2.05, 4.69) is 5.32 Å². The number of para-hydroxylation sites is 1. The summed E-state index contributed by atoms with van der Waals surface area (Å²) in [5.74, 6) is 2.29. The number of rotatable bonds is 5. The predicted molar refractivity (Wildman–Crippen MR) is 76.1 cm³/mol. The third kappa shape index (κ3) is 2.61. The molecule has 0 aliphatic rings. The Hall–Kier alpha value is -2.04. The highest BCUT2D eigenvalue weighted by Crippen LogP contribution is 2.23. The van der Waals surface area contributed by atoms with Crippen molar-refractivity contribution in [2.24, 2.45) is 0 Å². The molecule has 0 bridgehead atoms. The zero-order valence-electron chi connectivity index (χ0n) is 11.3. The van der Waals surface area contributed by atoms with Gasteiger partial charge in [0.2, 0.25) is 0 Å². The van der Waals surface area contributed by atoms with Crippen LogP contribution in [-0.4, -0.2) is 5.11 Å². The zero-order chi connectivity index (χ0) is 13.9. The van der Waals surface area contributed by atoms with Crippen molar-refractivity contribution in [1.29, 1.82) is 0 Å². The van der Waals surface area contributed by atoms with Gasteiger partial charge in [-0.25, -0.2) is 0 Å². The van der Waals surface area contributed by atoms with E-state index in [1.54, 1.807) is 6.07 Å². The maximum absolute atomic E-state index is 8.96. The molecular formula is C16H17NO3. The second-order valence-electron chi connectivity index (χ2n) is 4.82. The van der Waals surface area contributed by atoms with Crippen LogP contribution >= 0.6 is 0 Å². The smallest absolute Gasteiger partial charge is 0.134 e. The highest BCUT2D eigenvalue weighted by Gasteiger charge is 2.11. The van der Waals surface area contributed by atoms with Gasteiger partial charge in [-0.15, -0.1) is 0 Å². The molecule has 0 saturated carbocycles. The van der Waals surface area contributed by atoms with Gasteiger partial charge in [-0.1, -0.05) is 18.2 Å². The summed E-state index contributed by atoms with van der Waals surface area (Å²) < 4.78 is 11.2. The van der Waals surface area contributed by atoms with E-state index in [0.29, 0.717) is 12.3 Å². The number of hydrogen-bond donors (Lipinski definition) is 2. The van der Waals surface area contributed by atoms with E-state index in [9.17, 15) is 0 Å². The molecule has 0 amide bonds. The van der Waals surface area contributed by atoms with E-state index in [0.717, 1.165) is 22.5 Å². The SMILES string of the molecule is CC(NCc1ccc(CO)o1)c1cc2ccccc2o1. The number of nitrogens with one attached hydrogen (secondary N) is 1. The highest BCUT2D eigenvalue weighted by molar-refractivity contribution is 5.77. The molecule has 0 aliphatic carbocycles. The first-order valence-electron chi connectivity index (χ1n) is 6.66. The Morgan fingerprint density at radius 3 is 2.65 bits per heavy atom. The first-order chi connectivity index (χ1) is 9.76. The van der Waals surface area contributed by atoms with Crippen LogP contribution in [0.4, 0.5) is 0 Å². The number of aliphatic hydroxyl groups is 1. The second kappa shape index (κ2) is 5.53. The minimum atomic E-state index is -0.0703. The van der Waals surface area contributed by atoms with E-state index >= 15 is 0 Å². The fourth-order valence-corrected chi connectivity index (χ4v) is 2.17. The van der Waals surface area contributed by atoms with Crippen LogP contribution in [-0.2, 0) is 13.2 Å². The molecular weight excluding hydrogens is 254 g/mol. The molecule has 2 aromatic heterocycles. The van der Waals surface area contributed by atoms with E-state index < -0.39 is 0 Å². The molecule has 4 nitrogen and oxygen atoms in total. The molecule has 0 spiro atoms. The van der Waals surface area contributed by atoms with E-state index in [1.165, 1.54) is 0 Å². The van der Waals surface area contributed by atoms with Crippen molar-refractivity contribution in [3.63, 3.8) is 0 Å². The summed E-state index contributed by atoms with van der Waals surface area (Å²) in [7, 11) is 0. The minimum Gasteiger partial charge on any atom is -0.462 e. The maximum atomic E-state index is 8.96. The Morgan fingerprint density at radius 2 is 1.90 bits per heavy atom. The largest absolute Gasteiger partial charge is 0.462 e. The van der Waals surface area contributed by atoms with Crippen molar-refractivity contribution in [2.45, 2.75) is 26.1 Å². The Balaban J connectivity index is 1.67. The van der Waals surface area contributed by atoms with Crippen molar-refractivity contribution in [3.8, 4) is 0 Å². The summed E-state index contributed by atoms with van der Waals surface area (Å²) in [5, 5.41) is 13.4. The van der Waals surface area contributed by atoms with Gasteiger partial charge in [0, 0.05) is 5.39 Å². The third-order valence-electron chi connectivity index (χ3n) is 3.33. The Morgan fingerprint density at radius 1 is 1.10 bits per heavy atom. The average molecular weight is 271 g/mol. The van der Waals surface area contributed by atoms with Gasteiger partial charge in [0.1, 0.15) is 29.5 Å². The average Bonchev–Trinajstić information content (AvgIpc) is 3.10. The van der Waals surface area contributed by atoms with E-state index in [-0.39, 0.29) is 12.6 Å². The van der Waals surface area contributed by atoms with Gasteiger partial charge in [0.25, 0.3) is 0 Å². The fourth-order valence-electron chi connectivity index (χ4n) is 2.17. The molecule has 20 heavy (non-hydrogen) atoms. The van der Waals surface area contributed by atoms with Gasteiger partial charge >= 0.3 is 0 Å². The standard InChI is InChI=1S/C16H17NO3/c1-11(17-9-13-6-7-14(10-18)19-13)16-8-12-4-2-3-5-15(12)20-16/h2-8,11,17-18H,9-10H2,1H3. The Labute approximate surface area is 117 Å². The molecule has 0 aliphatic heterocycles. The maximum Gasteiger partial charge on any atom is 0.134 e. The van der Waals surface area contributed by atoms with Gasteiger partial charge in [-0.05, 0) is 31.2 Å². The summed E-state index contributed by atoms with van der Waals surface area (Å²) in [6.07, 6.45) is 0. The number of hydrogen-bond acceptors (Lipinski definition) is 4. The van der Waals surface area contributed by atoms with Crippen LogP contribution in [0.3, 0.4) is 0 Å². The van der Waals surface area contributed by atoms with Crippen LogP contribution in [0.5, 0.6) is 0 Å². The number of benzene rings is 1. The molecule has 0 fully saturated rings. The number of fused-ring (bicyclic) bond motifs is 1. The van der Waals surface area contributed by atoms with Crippen LogP contribution in [0.15, 0.2) is 51.3 Å². The summed E-state index contributed by atoms with van der Waals surface area (Å²) in [6.45, 7) is 2.57. The van der Waals surface area contributed by atoms with Gasteiger partial charge in [0.05, 0.1) is 12.6 Å². The van der Waals surface area contributed by atoms with Gasteiger partial charge in [-0.3, -0.25) is 0 Å². The van der Waals surface area contributed by atoms with Gasteiger partial charge < -0.3 is 19.3 Å². The molecule has 1 atom stereocenters. The lowest BCUT2D eigenvalue weighted by Crippen LogP contribution is -2.17. The lowest BCUT2D eigenvalue weighted by molar-refractivity contribution is 0.242. The monoisotopic (exact) mass is 271 g/mol. The Kier molecular flexibility index (Phi) is 3.58. The molecule has 0 saturated heterocycles. The summed E-state index contributed by atoms with van der Waals surface area (Å²) in [5.41, 5.74) is 0.900. The van der Waals surface area contributed by atoms with Gasteiger partial charge in [-0.2, -0.15) is 0 Å². The van der Waals surface area contributed by atoms with Crippen LogP contribution < -0.4 is 5.32 Å². The third-order valence-corrected chi connectivity index (χ3v) is 3.33. The van der Waals surface area contributed by atoms with E-state index in [4.69, 9.17) is 13.9 Å². The molecule has 2 N–H and O–H groups in total. The molecule has 3 aromatic rings. The molecule has 0 radical (unpaired) electrons. The van der Waals surface area contributed by atoms with Gasteiger partial charge in [0.15, 0.2) is 0 Å². The minimum absolute atomic E-state index is 0.0703. The van der Waals surface area contributed by atoms with Crippen LogP contribution in [0.2, 0.25) is 0 Å². The van der Waals surface area contributed by atoms with Crippen molar-refractivity contribution in [1.82, 2.24) is 5.32 Å². The summed E-state index contributed by atoms with van der Waals surface area (Å²) in [6, 6.07) is 13.7. The summed E-state index contributed by atoms with van der Waals surface area (Å²) >= 11 is 0. The molecule has 104 valence electrons. The molecule has 2 heterocycles. The lowest BCUT2D eigenvalue weighted by atomic mass is 10.2. The van der Waals surface area contributed by atoms with Crippen LogP contribution in [0, 0.1) is 0 Å². The van der Waals surface area contributed by atoms with Crippen molar-refractivity contribution >= 4 is 11.0 Å². The Bertz CT molecular complexity index is 665. The van der Waals surface area contributed by atoms with Crippen LogP contribution in [0.1, 0.15) is 30.2 Å². The van der Waals surface area contributed by atoms with Crippen molar-refractivity contribution in [2.75, 3.05) is 0 Å². The fraction of sp³-hybridized carbons (Fsp3) is 0.250. The quantitative estimate of drug-likeness (QED) is 0.747.